The molecule has 3 aliphatic rings. The van der Waals surface area contributed by atoms with Gasteiger partial charge in [0.2, 0.25) is 0 Å². The maximum Gasteiger partial charge on any atom is 2.00 e. The molecule has 0 amide bonds. The van der Waals surface area contributed by atoms with Crippen LogP contribution in [0.2, 0.25) is 0 Å². The maximum absolute atomic E-state index is 9.79. The minimum absolute atomic E-state index is 0. The Morgan fingerprint density at radius 2 is 1.50 bits per heavy atom. The standard InChI is InChI=1S/C14H23N2O2.C5H5.Fe/c1-10-13(17)14(18)12(16-10)7-9-15-8-6-11-4-2-3-5-11;1-2-4-5-3-1;/h2-5,10,12-18H,6-9H2,1H3;1-5H;/q;;+2/t10-,12-,13+,14-;;/m0../s1. The van der Waals surface area contributed by atoms with Gasteiger partial charge >= 0.3 is 17.1 Å². The summed E-state index contributed by atoms with van der Waals surface area (Å²) in [7, 11) is 0. The second kappa shape index (κ2) is 12.7. The molecule has 0 aromatic rings. The molecule has 1 heterocycles. The van der Waals surface area contributed by atoms with E-state index in [1.807, 2.05) is 39.0 Å². The molecular weight excluding hydrogens is 344 g/mol. The summed E-state index contributed by atoms with van der Waals surface area (Å²) in [6.45, 7) is 3.70. The van der Waals surface area contributed by atoms with Crippen molar-refractivity contribution in [2.24, 2.45) is 0 Å². The Balaban J connectivity index is 0.000000412. The fourth-order valence-corrected chi connectivity index (χ4v) is 2.84. The van der Waals surface area contributed by atoms with Crippen LogP contribution in [0.4, 0.5) is 0 Å². The summed E-state index contributed by atoms with van der Waals surface area (Å²) in [5, 5.41) is 26.0. The van der Waals surface area contributed by atoms with Crippen LogP contribution >= 0.6 is 0 Å². The molecule has 0 unspecified atom stereocenters. The monoisotopic (exact) mass is 372 g/mol. The molecule has 4 atom stereocenters. The van der Waals surface area contributed by atoms with Crippen LogP contribution in [0.25, 0.3) is 0 Å². The van der Waals surface area contributed by atoms with Crippen molar-refractivity contribution >= 4 is 0 Å². The van der Waals surface area contributed by atoms with Crippen LogP contribution < -0.4 is 10.6 Å². The molecule has 4 nitrogen and oxygen atoms in total. The molecule has 3 rings (SSSR count). The first-order chi connectivity index (χ1) is 11.2. The molecule has 24 heavy (non-hydrogen) atoms. The van der Waals surface area contributed by atoms with E-state index >= 15 is 0 Å². The molecule has 0 bridgehead atoms. The number of hydrogen-bond acceptors (Lipinski definition) is 4. The Morgan fingerprint density at radius 1 is 0.917 bits per heavy atom. The Hall–Kier alpha value is 0.359. The zero-order valence-corrected chi connectivity index (χ0v) is 15.2. The molecule has 10 radical (unpaired) electrons. The Kier molecular flexibility index (Phi) is 11.8. The van der Waals surface area contributed by atoms with Gasteiger partial charge in [0.15, 0.2) is 0 Å². The van der Waals surface area contributed by atoms with E-state index < -0.39 is 12.2 Å². The second-order valence-electron chi connectivity index (χ2n) is 6.09. The quantitative estimate of drug-likeness (QED) is 0.413. The largest absolute Gasteiger partial charge is 2.00 e. The summed E-state index contributed by atoms with van der Waals surface area (Å²) >= 11 is 0. The number of rotatable bonds is 6. The van der Waals surface area contributed by atoms with Crippen LogP contribution in [-0.4, -0.2) is 47.6 Å². The molecule has 2 saturated carbocycles. The third kappa shape index (κ3) is 7.72. The first-order valence-corrected chi connectivity index (χ1v) is 8.38. The number of aliphatic hydroxyl groups is 2. The maximum atomic E-state index is 9.79. The van der Waals surface area contributed by atoms with E-state index in [1.165, 1.54) is 5.92 Å². The van der Waals surface area contributed by atoms with Gasteiger partial charge in [-0.1, -0.05) is 0 Å². The fraction of sp³-hybridized carbons (Fsp3) is 0.474. The molecule has 3 fully saturated rings. The molecule has 132 valence electrons. The van der Waals surface area contributed by atoms with E-state index in [-0.39, 0.29) is 29.2 Å². The van der Waals surface area contributed by atoms with Gasteiger partial charge in [-0.25, -0.2) is 0 Å². The normalized spacial score (nSPS) is 33.1. The summed E-state index contributed by atoms with van der Waals surface area (Å²) in [6, 6.07) is -0.0178. The SMILES string of the molecule is C[C@@H]1N[C@@H](CCNCC[C]2[CH][CH][CH][CH]2)[C@H](O)[C@@H]1O.[CH]1[CH][CH][CH][CH]1.[Fe+2]. The van der Waals surface area contributed by atoms with Crippen LogP contribution in [0.5, 0.6) is 0 Å². The van der Waals surface area contributed by atoms with Gasteiger partial charge in [0, 0.05) is 12.1 Å². The van der Waals surface area contributed by atoms with Crippen molar-refractivity contribution in [3.05, 3.63) is 63.7 Å². The van der Waals surface area contributed by atoms with Gasteiger partial charge in [-0.05, 0) is 96.6 Å². The summed E-state index contributed by atoms with van der Waals surface area (Å²) in [5.74, 6) is 1.35. The van der Waals surface area contributed by atoms with Gasteiger partial charge in [0.1, 0.15) is 0 Å². The second-order valence-corrected chi connectivity index (χ2v) is 6.09. The van der Waals surface area contributed by atoms with Crippen molar-refractivity contribution in [3.8, 4) is 0 Å². The molecule has 0 aromatic carbocycles. The third-order valence-corrected chi connectivity index (χ3v) is 4.26. The Bertz CT molecular complexity index is 302. The van der Waals surface area contributed by atoms with E-state index in [1.54, 1.807) is 0 Å². The van der Waals surface area contributed by atoms with Gasteiger partial charge in [-0.2, -0.15) is 0 Å². The van der Waals surface area contributed by atoms with Gasteiger partial charge in [-0.3, -0.25) is 0 Å². The van der Waals surface area contributed by atoms with E-state index in [0.29, 0.717) is 0 Å². The predicted octanol–water partition coefficient (Wildman–Crippen LogP) is 0.863. The fourth-order valence-electron chi connectivity index (χ4n) is 2.84. The van der Waals surface area contributed by atoms with E-state index in [4.69, 9.17) is 0 Å². The van der Waals surface area contributed by atoms with Crippen molar-refractivity contribution in [3.63, 3.8) is 0 Å². The Labute approximate surface area is 159 Å². The van der Waals surface area contributed by atoms with Gasteiger partial charge < -0.3 is 20.8 Å². The van der Waals surface area contributed by atoms with Crippen LogP contribution in [0.1, 0.15) is 19.8 Å². The zero-order valence-electron chi connectivity index (χ0n) is 14.1. The summed E-state index contributed by atoms with van der Waals surface area (Å²) in [5.41, 5.74) is 0. The van der Waals surface area contributed by atoms with Crippen LogP contribution in [0, 0.1) is 63.7 Å². The van der Waals surface area contributed by atoms with E-state index in [2.05, 4.69) is 36.3 Å². The van der Waals surface area contributed by atoms with Crippen LogP contribution in [0.3, 0.4) is 0 Å². The molecule has 5 heteroatoms. The minimum Gasteiger partial charge on any atom is -0.389 e. The first kappa shape index (κ1) is 22.4. The molecular formula is C19H28FeN2O2+2. The number of nitrogens with one attached hydrogen (secondary N) is 2. The summed E-state index contributed by atoms with van der Waals surface area (Å²) in [6.07, 6.45) is 18.9. The molecule has 4 N–H and O–H groups in total. The molecule has 2 aliphatic carbocycles. The third-order valence-electron chi connectivity index (χ3n) is 4.26. The smallest absolute Gasteiger partial charge is 0.389 e. The molecule has 1 saturated heterocycles. The predicted molar refractivity (Wildman–Crippen MR) is 92.4 cm³/mol. The molecule has 0 spiro atoms. The summed E-state index contributed by atoms with van der Waals surface area (Å²) < 4.78 is 0. The minimum atomic E-state index is -0.642. The first-order valence-electron chi connectivity index (χ1n) is 8.38. The van der Waals surface area contributed by atoms with Crippen molar-refractivity contribution in [2.45, 2.75) is 44.1 Å². The van der Waals surface area contributed by atoms with Crippen molar-refractivity contribution in [2.75, 3.05) is 13.1 Å². The van der Waals surface area contributed by atoms with Crippen molar-refractivity contribution in [1.82, 2.24) is 10.6 Å². The summed E-state index contributed by atoms with van der Waals surface area (Å²) in [4.78, 5) is 0. The van der Waals surface area contributed by atoms with E-state index in [9.17, 15) is 10.2 Å². The molecule has 0 aromatic heterocycles. The van der Waals surface area contributed by atoms with Crippen LogP contribution in [-0.2, 0) is 17.1 Å². The average molecular weight is 372 g/mol. The van der Waals surface area contributed by atoms with Gasteiger partial charge in [-0.15, -0.1) is 0 Å². The van der Waals surface area contributed by atoms with E-state index in [0.717, 1.165) is 25.9 Å². The topological polar surface area (TPSA) is 64.5 Å². The van der Waals surface area contributed by atoms with Gasteiger partial charge in [0.05, 0.1) is 12.2 Å². The average Bonchev–Trinajstić information content (AvgIpc) is 3.30. The Morgan fingerprint density at radius 3 is 2.00 bits per heavy atom. The number of hydrogen-bond donors (Lipinski definition) is 4. The van der Waals surface area contributed by atoms with Gasteiger partial charge in [0.25, 0.3) is 0 Å². The van der Waals surface area contributed by atoms with Crippen molar-refractivity contribution in [1.29, 1.82) is 0 Å². The van der Waals surface area contributed by atoms with Crippen LogP contribution in [0.15, 0.2) is 0 Å². The molecule has 1 aliphatic heterocycles. The van der Waals surface area contributed by atoms with Crippen molar-refractivity contribution < 1.29 is 27.3 Å². The zero-order chi connectivity index (χ0) is 16.5. The number of aliphatic hydroxyl groups excluding tert-OH is 2.